The zero-order valence-electron chi connectivity index (χ0n) is 12.3. The van der Waals surface area contributed by atoms with Gasteiger partial charge in [0.2, 0.25) is 5.91 Å². The third-order valence-corrected chi connectivity index (χ3v) is 2.79. The van der Waals surface area contributed by atoms with Crippen molar-refractivity contribution in [3.8, 4) is 0 Å². The van der Waals surface area contributed by atoms with Crippen LogP contribution in [-0.4, -0.2) is 27.5 Å². The Hall–Kier alpha value is -2.17. The molecule has 0 fully saturated rings. The number of nitrogens with zero attached hydrogens (tertiary/aromatic N) is 2. The number of aromatic nitrogens is 2. The second kappa shape index (κ2) is 5.45. The second-order valence-electron chi connectivity index (χ2n) is 5.84. The maximum absolute atomic E-state index is 12.1. The van der Waals surface area contributed by atoms with Gasteiger partial charge in [-0.05, 0) is 39.8 Å². The van der Waals surface area contributed by atoms with Gasteiger partial charge in [-0.3, -0.25) is 4.79 Å². The molecule has 5 heteroatoms. The fraction of sp³-hybridized carbons (Fsp3) is 0.400. The van der Waals surface area contributed by atoms with Crippen LogP contribution in [0.2, 0.25) is 0 Å². The van der Waals surface area contributed by atoms with Gasteiger partial charge in [0.15, 0.2) is 0 Å². The molecule has 0 saturated heterocycles. The molecule has 2 aromatic rings. The lowest BCUT2D eigenvalue weighted by atomic mass is 10.1. The quantitative estimate of drug-likeness (QED) is 0.900. The summed E-state index contributed by atoms with van der Waals surface area (Å²) >= 11 is 0. The monoisotopic (exact) mass is 272 g/mol. The van der Waals surface area contributed by atoms with E-state index in [-0.39, 0.29) is 17.5 Å². The van der Waals surface area contributed by atoms with Gasteiger partial charge in [-0.15, -0.1) is 0 Å². The number of para-hydroxylation sites is 1. The topological polar surface area (TPSA) is 66.9 Å². The summed E-state index contributed by atoms with van der Waals surface area (Å²) in [6.45, 7) is 7.69. The minimum absolute atomic E-state index is 0.0554. The molecule has 1 atom stereocenters. The maximum atomic E-state index is 12.1. The van der Waals surface area contributed by atoms with Crippen LogP contribution in [-0.2, 0) is 4.79 Å². The molecule has 0 aliphatic heterocycles. The Bertz CT molecular complexity index is 613. The van der Waals surface area contributed by atoms with Crippen molar-refractivity contribution < 1.29 is 4.79 Å². The van der Waals surface area contributed by atoms with Gasteiger partial charge >= 0.3 is 0 Å². The Morgan fingerprint density at radius 2 is 1.90 bits per heavy atom. The summed E-state index contributed by atoms with van der Waals surface area (Å²) in [4.78, 5) is 20.5. The fourth-order valence-electron chi connectivity index (χ4n) is 1.87. The summed E-state index contributed by atoms with van der Waals surface area (Å²) in [6.07, 6.45) is 1.50. The molecule has 20 heavy (non-hydrogen) atoms. The Morgan fingerprint density at radius 3 is 2.60 bits per heavy atom. The fourth-order valence-corrected chi connectivity index (χ4v) is 1.87. The van der Waals surface area contributed by atoms with E-state index in [1.807, 2.05) is 52.0 Å². The first-order valence-corrected chi connectivity index (χ1v) is 6.65. The molecule has 0 saturated carbocycles. The van der Waals surface area contributed by atoms with E-state index in [1.54, 1.807) is 0 Å². The van der Waals surface area contributed by atoms with Gasteiger partial charge in [-0.25, -0.2) is 9.97 Å². The zero-order valence-corrected chi connectivity index (χ0v) is 12.3. The van der Waals surface area contributed by atoms with E-state index in [0.717, 1.165) is 10.9 Å². The normalized spacial score (nSPS) is 13.0. The molecular formula is C15H20N4O. The van der Waals surface area contributed by atoms with Crippen LogP contribution in [0, 0.1) is 0 Å². The first kappa shape index (κ1) is 14.2. The second-order valence-corrected chi connectivity index (χ2v) is 5.84. The van der Waals surface area contributed by atoms with Crippen LogP contribution in [0.25, 0.3) is 10.9 Å². The molecular weight excluding hydrogens is 252 g/mol. The molecule has 0 aliphatic rings. The number of fused-ring (bicyclic) bond motifs is 1. The Morgan fingerprint density at radius 1 is 1.20 bits per heavy atom. The van der Waals surface area contributed by atoms with Gasteiger partial charge in [0.1, 0.15) is 18.2 Å². The van der Waals surface area contributed by atoms with Crippen LogP contribution >= 0.6 is 0 Å². The van der Waals surface area contributed by atoms with Crippen LogP contribution in [0.3, 0.4) is 0 Å². The molecule has 0 radical (unpaired) electrons. The molecule has 0 spiro atoms. The largest absolute Gasteiger partial charge is 0.358 e. The summed E-state index contributed by atoms with van der Waals surface area (Å²) in [5, 5.41) is 6.99. The van der Waals surface area contributed by atoms with Gasteiger partial charge in [0, 0.05) is 10.9 Å². The number of hydrogen-bond acceptors (Lipinski definition) is 4. The lowest BCUT2D eigenvalue weighted by Crippen LogP contribution is -2.47. The summed E-state index contributed by atoms with van der Waals surface area (Å²) < 4.78 is 0. The standard InChI is InChI=1S/C15H20N4O/c1-10(14(20)19-15(2,3)4)18-13-11-7-5-6-8-12(11)16-9-17-13/h5-10H,1-4H3,(H,19,20)(H,16,17,18). The van der Waals surface area contributed by atoms with Gasteiger partial charge in [-0.2, -0.15) is 0 Å². The third kappa shape index (κ3) is 3.44. The first-order valence-electron chi connectivity index (χ1n) is 6.65. The van der Waals surface area contributed by atoms with Gasteiger partial charge < -0.3 is 10.6 Å². The highest BCUT2D eigenvalue weighted by Crippen LogP contribution is 2.19. The molecule has 1 aromatic heterocycles. The summed E-state index contributed by atoms with van der Waals surface area (Å²) in [5.74, 6) is 0.618. The van der Waals surface area contributed by atoms with Gasteiger partial charge in [-0.1, -0.05) is 12.1 Å². The number of carbonyl (C=O) groups is 1. The summed E-state index contributed by atoms with van der Waals surface area (Å²) in [6, 6.07) is 7.34. The van der Waals surface area contributed by atoms with Crippen molar-refractivity contribution >= 4 is 22.6 Å². The van der Waals surface area contributed by atoms with E-state index in [4.69, 9.17) is 0 Å². The highest BCUT2D eigenvalue weighted by Gasteiger charge is 2.19. The van der Waals surface area contributed by atoms with E-state index >= 15 is 0 Å². The lowest BCUT2D eigenvalue weighted by molar-refractivity contribution is -0.122. The number of benzene rings is 1. The Labute approximate surface area is 118 Å². The average molecular weight is 272 g/mol. The summed E-state index contributed by atoms with van der Waals surface area (Å²) in [7, 11) is 0. The molecule has 0 aliphatic carbocycles. The molecule has 1 aromatic carbocycles. The third-order valence-electron chi connectivity index (χ3n) is 2.79. The number of hydrogen-bond donors (Lipinski definition) is 2. The molecule has 5 nitrogen and oxygen atoms in total. The van der Waals surface area contributed by atoms with Crippen molar-refractivity contribution in [2.75, 3.05) is 5.32 Å². The van der Waals surface area contributed by atoms with E-state index in [0.29, 0.717) is 5.82 Å². The number of amides is 1. The van der Waals surface area contributed by atoms with Crippen LogP contribution < -0.4 is 10.6 Å². The number of rotatable bonds is 3. The Kier molecular flexibility index (Phi) is 3.88. The number of carbonyl (C=O) groups excluding carboxylic acids is 1. The van der Waals surface area contributed by atoms with E-state index in [9.17, 15) is 4.79 Å². The Balaban J connectivity index is 2.18. The predicted molar refractivity (Wildman–Crippen MR) is 80.5 cm³/mol. The molecule has 1 unspecified atom stereocenters. The zero-order chi connectivity index (χ0) is 14.8. The molecule has 2 N–H and O–H groups in total. The van der Waals surface area contributed by atoms with Crippen molar-refractivity contribution in [3.05, 3.63) is 30.6 Å². The van der Waals surface area contributed by atoms with Crippen molar-refractivity contribution in [2.45, 2.75) is 39.3 Å². The smallest absolute Gasteiger partial charge is 0.242 e. The highest BCUT2D eigenvalue weighted by molar-refractivity contribution is 5.91. The summed E-state index contributed by atoms with van der Waals surface area (Å²) in [5.41, 5.74) is 0.606. The molecule has 1 heterocycles. The van der Waals surface area contributed by atoms with Gasteiger partial charge in [0.05, 0.1) is 5.52 Å². The minimum atomic E-state index is -0.368. The van der Waals surface area contributed by atoms with Crippen molar-refractivity contribution in [2.24, 2.45) is 0 Å². The molecule has 0 bridgehead atoms. The maximum Gasteiger partial charge on any atom is 0.242 e. The van der Waals surface area contributed by atoms with Crippen molar-refractivity contribution in [3.63, 3.8) is 0 Å². The first-order chi connectivity index (χ1) is 9.37. The number of nitrogens with one attached hydrogen (secondary N) is 2. The SMILES string of the molecule is CC(Nc1ncnc2ccccc12)C(=O)NC(C)(C)C. The van der Waals surface area contributed by atoms with Crippen LogP contribution in [0.1, 0.15) is 27.7 Å². The van der Waals surface area contributed by atoms with Crippen molar-refractivity contribution in [1.82, 2.24) is 15.3 Å². The van der Waals surface area contributed by atoms with Crippen LogP contribution in [0.15, 0.2) is 30.6 Å². The average Bonchev–Trinajstić information content (AvgIpc) is 2.37. The molecule has 2 rings (SSSR count). The number of anilines is 1. The van der Waals surface area contributed by atoms with E-state index < -0.39 is 0 Å². The minimum Gasteiger partial charge on any atom is -0.358 e. The van der Waals surface area contributed by atoms with Crippen molar-refractivity contribution in [1.29, 1.82) is 0 Å². The van der Waals surface area contributed by atoms with E-state index in [1.165, 1.54) is 6.33 Å². The highest BCUT2D eigenvalue weighted by atomic mass is 16.2. The van der Waals surface area contributed by atoms with Crippen LogP contribution in [0.4, 0.5) is 5.82 Å². The molecule has 1 amide bonds. The lowest BCUT2D eigenvalue weighted by Gasteiger charge is -2.24. The van der Waals surface area contributed by atoms with Crippen LogP contribution in [0.5, 0.6) is 0 Å². The predicted octanol–water partition coefficient (Wildman–Crippen LogP) is 2.34. The molecule has 106 valence electrons. The van der Waals surface area contributed by atoms with Gasteiger partial charge in [0.25, 0.3) is 0 Å². The van der Waals surface area contributed by atoms with E-state index in [2.05, 4.69) is 20.6 Å².